The van der Waals surface area contributed by atoms with Gasteiger partial charge in [0.25, 0.3) is 0 Å². The molecule has 2 nitrogen and oxygen atoms in total. The Morgan fingerprint density at radius 1 is 0.346 bits per heavy atom. The molecule has 0 unspecified atom stereocenters. The van der Waals surface area contributed by atoms with Crippen molar-refractivity contribution in [2.24, 2.45) is 0 Å². The average molecular weight is 1140 g/mol. The third kappa shape index (κ3) is 14.0. The first-order valence-electron chi connectivity index (χ1n) is 27.1. The summed E-state index contributed by atoms with van der Waals surface area (Å²) in [5.74, 6) is 0. The Kier molecular flexibility index (Phi) is 20.0. The molecule has 0 radical (unpaired) electrons. The molecule has 0 N–H and O–H groups in total. The Balaban J connectivity index is 0.000000190. The van der Waals surface area contributed by atoms with Gasteiger partial charge in [0.1, 0.15) is 0 Å². The molecule has 0 aromatic heterocycles. The average Bonchev–Trinajstić information content (AvgIpc) is 4.14. The van der Waals surface area contributed by atoms with Crippen LogP contribution in [0.5, 0.6) is 0 Å². The van der Waals surface area contributed by atoms with Crippen LogP contribution in [0.3, 0.4) is 0 Å². The zero-order chi connectivity index (χ0) is 53.0. The Morgan fingerprint density at radius 2 is 0.564 bits per heavy atom. The zero-order valence-corrected chi connectivity index (χ0v) is 50.2. The van der Waals surface area contributed by atoms with E-state index in [4.69, 9.17) is 9.47 Å². The Bertz CT molecular complexity index is 2980. The summed E-state index contributed by atoms with van der Waals surface area (Å²) in [7, 11) is -2.90. The Morgan fingerprint density at radius 3 is 0.782 bits per heavy atom. The third-order valence-electron chi connectivity index (χ3n) is 14.3. The maximum absolute atomic E-state index is 5.93. The fourth-order valence-corrected chi connectivity index (χ4v) is 20.8. The van der Waals surface area contributed by atoms with Crippen molar-refractivity contribution < 1.29 is 26.5 Å². The largest absolute Gasteiger partial charge is 2.00 e. The minimum Gasteiger partial charge on any atom is -0.353 e. The van der Waals surface area contributed by atoms with Crippen molar-refractivity contribution in [1.82, 2.24) is 0 Å². The van der Waals surface area contributed by atoms with Crippen LogP contribution in [0.4, 0.5) is 0 Å². The first kappa shape index (κ1) is 57.3. The van der Waals surface area contributed by atoms with Crippen molar-refractivity contribution in [3.63, 3.8) is 0 Å². The van der Waals surface area contributed by atoms with E-state index < -0.39 is 31.7 Å². The van der Waals surface area contributed by atoms with Gasteiger partial charge in [0, 0.05) is 0 Å². The predicted molar refractivity (Wildman–Crippen MR) is 340 cm³/mol. The maximum Gasteiger partial charge on any atom is 2.00 e. The van der Waals surface area contributed by atoms with Gasteiger partial charge < -0.3 is 9.47 Å². The molecule has 1 saturated heterocycles. The van der Waals surface area contributed by atoms with Crippen molar-refractivity contribution in [2.45, 2.75) is 71.0 Å². The van der Waals surface area contributed by atoms with Gasteiger partial charge in [0.2, 0.25) is 0 Å². The summed E-state index contributed by atoms with van der Waals surface area (Å²) in [6, 6.07) is 98.9. The van der Waals surface area contributed by atoms with Gasteiger partial charge in [-0.05, 0) is 61.7 Å². The first-order chi connectivity index (χ1) is 37.6. The van der Waals surface area contributed by atoms with Crippen LogP contribution in [-0.4, -0.2) is 19.5 Å². The molecule has 78 heavy (non-hydrogen) atoms. The van der Waals surface area contributed by atoms with Gasteiger partial charge in [-0.25, -0.2) is 0 Å². The van der Waals surface area contributed by atoms with E-state index in [-0.39, 0.29) is 34.2 Å². The molecular formula is C71H70FeO2P4. The molecule has 1 aliphatic rings. The van der Waals surface area contributed by atoms with Crippen LogP contribution in [0, 0.1) is 0 Å². The molecule has 0 atom stereocenters. The summed E-state index contributed by atoms with van der Waals surface area (Å²) in [5.41, 5.74) is 2.87. The second-order valence-corrected chi connectivity index (χ2v) is 30.0. The van der Waals surface area contributed by atoms with Gasteiger partial charge in [-0.3, -0.25) is 0 Å². The second-order valence-electron chi connectivity index (χ2n) is 21.3. The van der Waals surface area contributed by atoms with E-state index in [1.54, 1.807) is 0 Å². The van der Waals surface area contributed by atoms with Crippen molar-refractivity contribution >= 4 is 95.3 Å². The second kappa shape index (κ2) is 27.2. The molecule has 1 fully saturated rings. The van der Waals surface area contributed by atoms with Gasteiger partial charge in [0.05, 0.1) is 13.2 Å². The minimum atomic E-state index is -0.761. The smallest absolute Gasteiger partial charge is 0.353 e. The van der Waals surface area contributed by atoms with Gasteiger partial charge in [-0.15, -0.1) is 0 Å². The fourth-order valence-electron chi connectivity index (χ4n) is 10.2. The van der Waals surface area contributed by atoms with E-state index >= 15 is 0 Å². The van der Waals surface area contributed by atoms with Crippen LogP contribution >= 0.6 is 31.7 Å². The fraction of sp³-hybridized carbons (Fsp3) is 0.183. The van der Waals surface area contributed by atoms with Crippen LogP contribution in [-0.2, 0) is 37.4 Å². The maximum atomic E-state index is 5.93. The number of hydrogen-bond acceptors (Lipinski definition) is 2. The summed E-state index contributed by atoms with van der Waals surface area (Å²) in [6.07, 6.45) is 2.80. The van der Waals surface area contributed by atoms with Gasteiger partial charge in [-0.1, -0.05) is 320 Å². The molecule has 0 bridgehead atoms. The number of hydrogen-bond donors (Lipinski definition) is 0. The molecule has 11 rings (SSSR count). The number of benzene rings is 8. The molecule has 1 heterocycles. The molecule has 10 aromatic carbocycles. The molecular weight excluding hydrogens is 1060 g/mol. The van der Waals surface area contributed by atoms with Crippen LogP contribution in [0.2, 0.25) is 0 Å². The van der Waals surface area contributed by atoms with Gasteiger partial charge in [0.15, 0.2) is 6.29 Å². The van der Waals surface area contributed by atoms with E-state index in [2.05, 4.69) is 302 Å². The van der Waals surface area contributed by atoms with Gasteiger partial charge >= 0.3 is 17.1 Å². The van der Waals surface area contributed by atoms with Crippen molar-refractivity contribution in [3.8, 4) is 0 Å². The molecule has 1 aliphatic heterocycles. The normalized spacial score (nSPS) is 13.1. The summed E-state index contributed by atoms with van der Waals surface area (Å²) in [5, 5.41) is 17.0. The molecule has 394 valence electrons. The quantitative estimate of drug-likeness (QED) is 0.0545. The van der Waals surface area contributed by atoms with E-state index in [0.717, 1.165) is 32.5 Å². The monoisotopic (exact) mass is 1130 g/mol. The molecule has 7 heteroatoms. The SMILES string of the molecule is CC(C)(C)[c-]1cc(P(c2ccccc2)c2ccccc2)c(P(c2ccccc2)c2ccccc2)c1.CC(C)(CCC1OCCCO1)[c-]1cc(P(c2ccccc2)c2ccccc2)c(P(c2ccccc2)c2ccccc2)c1.[Fe+2]. The molecule has 0 amide bonds. The number of ether oxygens (including phenoxy) is 2. The van der Waals surface area contributed by atoms with E-state index in [0.29, 0.717) is 0 Å². The van der Waals surface area contributed by atoms with Crippen LogP contribution in [0.15, 0.2) is 267 Å². The Labute approximate surface area is 480 Å². The predicted octanol–water partition coefficient (Wildman–Crippen LogP) is 13.0. The van der Waals surface area contributed by atoms with Crippen molar-refractivity contribution in [2.75, 3.05) is 13.2 Å². The molecule has 10 aromatic rings. The Hall–Kier alpha value is -5.38. The molecule has 0 aliphatic carbocycles. The van der Waals surface area contributed by atoms with Gasteiger partial charge in [-0.2, -0.15) is 56.6 Å². The van der Waals surface area contributed by atoms with Crippen molar-refractivity contribution in [3.05, 3.63) is 278 Å². The molecule has 0 saturated carbocycles. The third-order valence-corrected chi connectivity index (χ3v) is 24.6. The van der Waals surface area contributed by atoms with Crippen LogP contribution in [0.25, 0.3) is 0 Å². The summed E-state index contributed by atoms with van der Waals surface area (Å²) in [4.78, 5) is 0. The summed E-state index contributed by atoms with van der Waals surface area (Å²) in [6.45, 7) is 13.4. The van der Waals surface area contributed by atoms with Crippen LogP contribution < -0.4 is 63.7 Å². The summed E-state index contributed by atoms with van der Waals surface area (Å²) >= 11 is 0. The standard InChI is InChI=1S/C38H39O2P2.C33H31P2.Fe/c1-38(2,25-24-37-39-26-15-27-40-37)30-28-35(41(31-16-7-3-8-17-31)32-18-9-4-10-19-32)36(29-30)42(33-20-11-5-12-21-33)34-22-13-6-14-23-34;1-33(2,3)26-24-31(34(27-16-8-4-9-17-27)28-18-10-5-11-19-28)32(25-26)35(29-20-12-6-13-21-29)30-22-14-7-15-23-30;/h3-14,16-23,28-29,37H,15,24-27H2,1-2H3;4-25H,1-3H3;/q2*-1;+2. The van der Waals surface area contributed by atoms with E-state index in [1.807, 2.05) is 0 Å². The topological polar surface area (TPSA) is 18.5 Å². The van der Waals surface area contributed by atoms with E-state index in [9.17, 15) is 0 Å². The zero-order valence-electron chi connectivity index (χ0n) is 45.5. The number of rotatable bonds is 16. The van der Waals surface area contributed by atoms with Crippen molar-refractivity contribution in [1.29, 1.82) is 0 Å². The molecule has 0 spiro atoms. The minimum absolute atomic E-state index is 0. The van der Waals surface area contributed by atoms with Crippen LogP contribution in [0.1, 0.15) is 65.0 Å². The summed E-state index contributed by atoms with van der Waals surface area (Å²) < 4.78 is 11.9. The first-order valence-corrected chi connectivity index (χ1v) is 32.5. The van der Waals surface area contributed by atoms with E-state index in [1.165, 1.54) is 74.8 Å².